The van der Waals surface area contributed by atoms with Gasteiger partial charge in [0.05, 0.1) is 23.1 Å². The number of aromatic carboxylic acids is 1. The lowest BCUT2D eigenvalue weighted by Crippen LogP contribution is -2.07. The van der Waals surface area contributed by atoms with Crippen molar-refractivity contribution in [3.05, 3.63) is 52.0 Å². The van der Waals surface area contributed by atoms with Crippen LogP contribution in [0.25, 0.3) is 11.0 Å². The summed E-state index contributed by atoms with van der Waals surface area (Å²) in [5.74, 6) is -1.88. The quantitative estimate of drug-likeness (QED) is 0.716. The van der Waals surface area contributed by atoms with Gasteiger partial charge in [-0.25, -0.2) is 14.2 Å². The molecule has 0 aliphatic carbocycles. The fourth-order valence-electron chi connectivity index (χ4n) is 2.42. The molecule has 0 bridgehead atoms. The summed E-state index contributed by atoms with van der Waals surface area (Å²) in [6.45, 7) is 1.85. The molecule has 3 aromatic rings. The summed E-state index contributed by atoms with van der Waals surface area (Å²) in [4.78, 5) is 15.5. The van der Waals surface area contributed by atoms with Gasteiger partial charge >= 0.3 is 5.97 Å². The molecule has 2 N–H and O–H groups in total. The summed E-state index contributed by atoms with van der Waals surface area (Å²) in [5, 5.41) is 12.3. The van der Waals surface area contributed by atoms with Gasteiger partial charge in [-0.2, -0.15) is 0 Å². The number of carboxylic acid groups (broad SMARTS) is 1. The largest absolute Gasteiger partial charge is 0.478 e. The fourth-order valence-corrected chi connectivity index (χ4v) is 2.89. The van der Waals surface area contributed by atoms with Gasteiger partial charge in [0, 0.05) is 17.2 Å². The molecule has 118 valence electrons. The van der Waals surface area contributed by atoms with Crippen molar-refractivity contribution >= 4 is 44.3 Å². The van der Waals surface area contributed by atoms with Crippen LogP contribution in [0.1, 0.15) is 15.9 Å². The molecule has 0 saturated carbocycles. The Balaban J connectivity index is 2.21. The molecule has 7 heteroatoms. The fraction of sp³-hybridized carbons (Fsp3) is 0.125. The molecular weight excluding hydrogens is 365 g/mol. The van der Waals surface area contributed by atoms with E-state index >= 15 is 0 Å². The molecule has 0 aliphatic rings. The summed E-state index contributed by atoms with van der Waals surface area (Å²) >= 11 is 3.36. The predicted octanol–water partition coefficient (Wildman–Crippen LogP) is 4.23. The van der Waals surface area contributed by atoms with Crippen LogP contribution in [0.3, 0.4) is 0 Å². The van der Waals surface area contributed by atoms with Gasteiger partial charge in [-0.3, -0.25) is 0 Å². The van der Waals surface area contributed by atoms with Crippen LogP contribution in [0.5, 0.6) is 0 Å². The number of aromatic nitrogens is 2. The highest BCUT2D eigenvalue weighted by molar-refractivity contribution is 9.10. The summed E-state index contributed by atoms with van der Waals surface area (Å²) < 4.78 is 17.3. The van der Waals surface area contributed by atoms with E-state index in [2.05, 4.69) is 26.2 Å². The number of halogens is 2. The molecule has 0 aliphatic heterocycles. The lowest BCUT2D eigenvalue weighted by Gasteiger charge is -2.14. The van der Waals surface area contributed by atoms with Crippen LogP contribution in [0.4, 0.5) is 15.8 Å². The number of aryl methyl sites for hydroxylation is 2. The second-order valence-electron chi connectivity index (χ2n) is 5.23. The number of nitrogens with zero attached hydrogens (tertiary/aromatic N) is 2. The van der Waals surface area contributed by atoms with Crippen LogP contribution < -0.4 is 5.32 Å². The molecule has 1 heterocycles. The molecule has 5 nitrogen and oxygen atoms in total. The Bertz CT molecular complexity index is 937. The molecule has 0 atom stereocenters. The lowest BCUT2D eigenvalue weighted by atomic mass is 10.1. The van der Waals surface area contributed by atoms with Crippen LogP contribution in [-0.2, 0) is 7.05 Å². The van der Waals surface area contributed by atoms with E-state index in [9.17, 15) is 14.3 Å². The Morgan fingerprint density at radius 3 is 2.78 bits per heavy atom. The standard InChI is InChI=1S/C16H13BrFN3O2/c1-8-5-9(17)3-4-11(8)20-14-10(16(22)23)6-12-15(13(14)18)19-7-21(12)2/h3-7,20H,1-2H3,(H,22,23). The van der Waals surface area contributed by atoms with Crippen LogP contribution in [0.2, 0.25) is 0 Å². The average Bonchev–Trinajstić information content (AvgIpc) is 2.85. The highest BCUT2D eigenvalue weighted by Gasteiger charge is 2.21. The number of fused-ring (bicyclic) bond motifs is 1. The van der Waals surface area contributed by atoms with Crippen LogP contribution in [-0.4, -0.2) is 20.6 Å². The first-order valence-corrected chi connectivity index (χ1v) is 7.57. The minimum Gasteiger partial charge on any atom is -0.478 e. The van der Waals surface area contributed by atoms with Gasteiger partial charge in [-0.05, 0) is 36.8 Å². The number of carboxylic acids is 1. The molecule has 0 unspecified atom stereocenters. The Morgan fingerprint density at radius 1 is 1.39 bits per heavy atom. The first-order chi connectivity index (χ1) is 10.9. The van der Waals surface area contributed by atoms with Crippen molar-refractivity contribution in [2.75, 3.05) is 5.32 Å². The van der Waals surface area contributed by atoms with Crippen molar-refractivity contribution in [3.63, 3.8) is 0 Å². The Hall–Kier alpha value is -2.41. The summed E-state index contributed by atoms with van der Waals surface area (Å²) in [7, 11) is 1.69. The van der Waals surface area contributed by atoms with E-state index in [1.807, 2.05) is 13.0 Å². The van der Waals surface area contributed by atoms with Gasteiger partial charge in [0.1, 0.15) is 5.52 Å². The highest BCUT2D eigenvalue weighted by Crippen LogP contribution is 2.32. The zero-order valence-electron chi connectivity index (χ0n) is 12.4. The van der Waals surface area contributed by atoms with E-state index in [1.54, 1.807) is 23.7 Å². The number of benzene rings is 2. The van der Waals surface area contributed by atoms with Gasteiger partial charge in [-0.1, -0.05) is 15.9 Å². The van der Waals surface area contributed by atoms with Crippen LogP contribution >= 0.6 is 15.9 Å². The minimum absolute atomic E-state index is 0.0888. The second kappa shape index (κ2) is 5.66. The zero-order valence-corrected chi connectivity index (χ0v) is 14.0. The third-order valence-corrected chi connectivity index (χ3v) is 4.13. The van der Waals surface area contributed by atoms with Crippen LogP contribution in [0, 0.1) is 12.7 Å². The number of hydrogen-bond acceptors (Lipinski definition) is 3. The Kier molecular flexibility index (Phi) is 3.81. The number of carbonyl (C=O) groups is 1. The smallest absolute Gasteiger partial charge is 0.338 e. The molecule has 23 heavy (non-hydrogen) atoms. The maximum absolute atomic E-state index is 14.8. The van der Waals surface area contributed by atoms with Gasteiger partial charge < -0.3 is 15.0 Å². The molecule has 0 saturated heterocycles. The monoisotopic (exact) mass is 377 g/mol. The van der Waals surface area contributed by atoms with Crippen molar-refractivity contribution in [1.82, 2.24) is 9.55 Å². The number of hydrogen-bond donors (Lipinski definition) is 2. The van der Waals surface area contributed by atoms with E-state index in [1.165, 1.54) is 12.4 Å². The third kappa shape index (κ3) is 2.68. The van der Waals surface area contributed by atoms with E-state index in [-0.39, 0.29) is 16.8 Å². The first-order valence-electron chi connectivity index (χ1n) is 6.78. The van der Waals surface area contributed by atoms with Gasteiger partial charge in [0.2, 0.25) is 0 Å². The summed E-state index contributed by atoms with van der Waals surface area (Å²) in [5.41, 5.74) is 1.82. The molecule has 0 fully saturated rings. The van der Waals surface area contributed by atoms with E-state index < -0.39 is 11.8 Å². The van der Waals surface area contributed by atoms with E-state index in [4.69, 9.17) is 0 Å². The third-order valence-electron chi connectivity index (χ3n) is 3.64. The molecule has 2 aromatic carbocycles. The summed E-state index contributed by atoms with van der Waals surface area (Å²) in [6, 6.07) is 6.84. The van der Waals surface area contributed by atoms with Crippen molar-refractivity contribution in [1.29, 1.82) is 0 Å². The maximum atomic E-state index is 14.8. The molecule has 0 spiro atoms. The molecule has 0 radical (unpaired) electrons. The van der Waals surface area contributed by atoms with Crippen molar-refractivity contribution in [2.45, 2.75) is 6.92 Å². The molecule has 0 amide bonds. The van der Waals surface area contributed by atoms with Gasteiger partial charge in [0.15, 0.2) is 5.82 Å². The Morgan fingerprint density at radius 2 is 2.13 bits per heavy atom. The van der Waals surface area contributed by atoms with E-state index in [0.717, 1.165) is 10.0 Å². The SMILES string of the molecule is Cc1cc(Br)ccc1Nc1c(C(=O)O)cc2c(ncn2C)c1F. The maximum Gasteiger partial charge on any atom is 0.338 e. The van der Waals surface area contributed by atoms with Crippen molar-refractivity contribution < 1.29 is 14.3 Å². The molecular formula is C16H13BrFN3O2. The van der Waals surface area contributed by atoms with Gasteiger partial charge in [-0.15, -0.1) is 0 Å². The molecule has 1 aromatic heterocycles. The first kappa shape index (κ1) is 15.5. The van der Waals surface area contributed by atoms with Gasteiger partial charge in [0.25, 0.3) is 0 Å². The minimum atomic E-state index is -1.20. The normalized spacial score (nSPS) is 11.0. The highest BCUT2D eigenvalue weighted by atomic mass is 79.9. The number of imidazole rings is 1. The Labute approximate surface area is 139 Å². The molecule has 3 rings (SSSR count). The van der Waals surface area contributed by atoms with Crippen molar-refractivity contribution in [2.24, 2.45) is 7.05 Å². The van der Waals surface area contributed by atoms with Crippen LogP contribution in [0.15, 0.2) is 35.1 Å². The topological polar surface area (TPSA) is 67.2 Å². The van der Waals surface area contributed by atoms with Crippen molar-refractivity contribution in [3.8, 4) is 0 Å². The summed E-state index contributed by atoms with van der Waals surface area (Å²) in [6.07, 6.45) is 1.45. The average molecular weight is 378 g/mol. The number of rotatable bonds is 3. The van der Waals surface area contributed by atoms with E-state index in [0.29, 0.717) is 11.2 Å². The number of nitrogens with one attached hydrogen (secondary N) is 1. The lowest BCUT2D eigenvalue weighted by molar-refractivity contribution is 0.0697. The zero-order chi connectivity index (χ0) is 16.7. The predicted molar refractivity (Wildman–Crippen MR) is 89.8 cm³/mol. The number of anilines is 2. The second-order valence-corrected chi connectivity index (χ2v) is 6.14.